The molecule has 1 saturated heterocycles. The van der Waals surface area contributed by atoms with Crippen molar-refractivity contribution in [2.75, 3.05) is 26.8 Å². The van der Waals surface area contributed by atoms with E-state index in [-0.39, 0.29) is 25.0 Å². The third-order valence-electron chi connectivity index (χ3n) is 5.01. The average molecular weight is 333 g/mol. The van der Waals surface area contributed by atoms with Gasteiger partial charge in [0.05, 0.1) is 6.61 Å². The van der Waals surface area contributed by atoms with Gasteiger partial charge in [-0.1, -0.05) is 44.2 Å². The van der Waals surface area contributed by atoms with Crippen LogP contribution in [0.2, 0.25) is 0 Å². The number of amides is 1. The van der Waals surface area contributed by atoms with Crippen LogP contribution in [0.25, 0.3) is 0 Å². The number of likely N-dealkylation sites (tertiary alicyclic amines) is 1. The van der Waals surface area contributed by atoms with Crippen molar-refractivity contribution in [2.24, 2.45) is 11.3 Å². The van der Waals surface area contributed by atoms with Crippen molar-refractivity contribution < 1.29 is 19.4 Å². The second kappa shape index (κ2) is 7.79. The number of methoxy groups -OCH3 is 1. The van der Waals surface area contributed by atoms with E-state index in [9.17, 15) is 14.7 Å². The molecular formula is C19H27NO4. The number of carboxylic acids is 1. The van der Waals surface area contributed by atoms with Gasteiger partial charge in [0.1, 0.15) is 5.41 Å². The Kier molecular flexibility index (Phi) is 5.99. The molecule has 0 aliphatic carbocycles. The molecule has 0 aromatic heterocycles. The van der Waals surface area contributed by atoms with Gasteiger partial charge in [-0.25, -0.2) is 0 Å². The van der Waals surface area contributed by atoms with Crippen LogP contribution in [0.4, 0.5) is 0 Å². The minimum absolute atomic E-state index is 0.0248. The van der Waals surface area contributed by atoms with Gasteiger partial charge < -0.3 is 14.7 Å². The smallest absolute Gasteiger partial charge is 0.313 e. The Morgan fingerprint density at radius 2 is 1.96 bits per heavy atom. The van der Waals surface area contributed by atoms with E-state index in [0.717, 1.165) is 5.56 Å². The zero-order valence-electron chi connectivity index (χ0n) is 14.7. The summed E-state index contributed by atoms with van der Waals surface area (Å²) in [5.41, 5.74) is 0.186. The highest BCUT2D eigenvalue weighted by atomic mass is 16.5. The van der Waals surface area contributed by atoms with Crippen LogP contribution in [-0.2, 0) is 14.3 Å². The Labute approximate surface area is 143 Å². The highest BCUT2D eigenvalue weighted by Crippen LogP contribution is 2.34. The van der Waals surface area contributed by atoms with Gasteiger partial charge in [0, 0.05) is 26.6 Å². The summed E-state index contributed by atoms with van der Waals surface area (Å²) in [6.45, 7) is 5.07. The number of hydrogen-bond donors (Lipinski definition) is 1. The number of rotatable bonds is 7. The molecule has 24 heavy (non-hydrogen) atoms. The van der Waals surface area contributed by atoms with Crippen LogP contribution in [0.5, 0.6) is 0 Å². The predicted octanol–water partition coefficient (Wildman–Crippen LogP) is 2.77. The number of carboxylic acid groups (broad SMARTS) is 1. The van der Waals surface area contributed by atoms with Gasteiger partial charge in [0.15, 0.2) is 0 Å². The monoisotopic (exact) mass is 333 g/mol. The first-order valence-electron chi connectivity index (χ1n) is 8.44. The lowest BCUT2D eigenvalue weighted by Crippen LogP contribution is -2.40. The predicted molar refractivity (Wildman–Crippen MR) is 91.8 cm³/mol. The van der Waals surface area contributed by atoms with Crippen LogP contribution in [0, 0.1) is 11.3 Å². The second-order valence-corrected chi connectivity index (χ2v) is 7.05. The van der Waals surface area contributed by atoms with E-state index in [1.165, 1.54) is 7.11 Å². The number of carbonyl (C=O) groups excluding carboxylic acids is 1. The van der Waals surface area contributed by atoms with Gasteiger partial charge in [0.25, 0.3) is 0 Å². The fourth-order valence-electron chi connectivity index (χ4n) is 3.47. The van der Waals surface area contributed by atoms with Crippen LogP contribution >= 0.6 is 0 Å². The zero-order chi connectivity index (χ0) is 17.7. The number of hydrogen-bond acceptors (Lipinski definition) is 3. The van der Waals surface area contributed by atoms with Crippen LogP contribution in [0.3, 0.4) is 0 Å². The first kappa shape index (κ1) is 18.5. The molecular weight excluding hydrogens is 306 g/mol. The van der Waals surface area contributed by atoms with E-state index in [1.807, 2.05) is 30.3 Å². The highest BCUT2D eigenvalue weighted by molar-refractivity contribution is 5.81. The number of benzene rings is 1. The van der Waals surface area contributed by atoms with Gasteiger partial charge in [0.2, 0.25) is 5.91 Å². The summed E-state index contributed by atoms with van der Waals surface area (Å²) in [6, 6.07) is 10.0. The summed E-state index contributed by atoms with van der Waals surface area (Å²) in [5, 5.41) is 9.52. The largest absolute Gasteiger partial charge is 0.481 e. The van der Waals surface area contributed by atoms with Crippen molar-refractivity contribution in [3.8, 4) is 0 Å². The van der Waals surface area contributed by atoms with Gasteiger partial charge in [-0.3, -0.25) is 9.59 Å². The molecule has 2 rings (SSSR count). The van der Waals surface area contributed by atoms with E-state index < -0.39 is 11.4 Å². The molecule has 0 radical (unpaired) electrons. The molecule has 0 spiro atoms. The molecule has 1 N–H and O–H groups in total. The molecule has 1 aromatic rings. The quantitative estimate of drug-likeness (QED) is 0.833. The number of nitrogens with zero attached hydrogens (tertiary/aromatic N) is 1. The zero-order valence-corrected chi connectivity index (χ0v) is 14.7. The summed E-state index contributed by atoms with van der Waals surface area (Å²) >= 11 is 0. The molecule has 1 fully saturated rings. The summed E-state index contributed by atoms with van der Waals surface area (Å²) in [6.07, 6.45) is 0.851. The van der Waals surface area contributed by atoms with E-state index in [4.69, 9.17) is 4.74 Å². The van der Waals surface area contributed by atoms with Crippen molar-refractivity contribution in [3.63, 3.8) is 0 Å². The standard InChI is InChI=1S/C19H27NO4/c1-14(2)16(15-7-5-4-6-8-15)11-17(21)20-10-9-19(12-20,13-24-3)18(22)23/h4-8,14,16H,9-13H2,1-3H3,(H,22,23). The van der Waals surface area contributed by atoms with Crippen molar-refractivity contribution in [2.45, 2.75) is 32.6 Å². The topological polar surface area (TPSA) is 66.8 Å². The molecule has 1 aromatic carbocycles. The molecule has 1 aliphatic rings. The lowest BCUT2D eigenvalue weighted by atomic mass is 9.85. The Morgan fingerprint density at radius 3 is 2.50 bits per heavy atom. The van der Waals surface area contributed by atoms with Gasteiger partial charge in [-0.15, -0.1) is 0 Å². The summed E-state index contributed by atoms with van der Waals surface area (Å²) in [5.74, 6) is -0.386. The molecule has 1 amide bonds. The van der Waals surface area contributed by atoms with Crippen molar-refractivity contribution in [1.29, 1.82) is 0 Å². The minimum Gasteiger partial charge on any atom is -0.481 e. The first-order chi connectivity index (χ1) is 11.4. The molecule has 1 aliphatic heterocycles. The fraction of sp³-hybridized carbons (Fsp3) is 0.579. The SMILES string of the molecule is COCC1(C(=O)O)CCN(C(=O)CC(c2ccccc2)C(C)C)C1. The average Bonchev–Trinajstić information content (AvgIpc) is 2.99. The molecule has 0 saturated carbocycles. The van der Waals surface area contributed by atoms with Crippen LogP contribution in [-0.4, -0.2) is 48.7 Å². The lowest BCUT2D eigenvalue weighted by Gasteiger charge is -2.26. The molecule has 5 nitrogen and oxygen atoms in total. The van der Waals surface area contributed by atoms with Crippen molar-refractivity contribution in [1.82, 2.24) is 4.90 Å². The Morgan fingerprint density at radius 1 is 1.29 bits per heavy atom. The van der Waals surface area contributed by atoms with Crippen LogP contribution in [0.1, 0.15) is 38.2 Å². The Hall–Kier alpha value is -1.88. The van der Waals surface area contributed by atoms with Gasteiger partial charge >= 0.3 is 5.97 Å². The van der Waals surface area contributed by atoms with E-state index in [2.05, 4.69) is 13.8 Å². The number of carbonyl (C=O) groups is 2. The summed E-state index contributed by atoms with van der Waals surface area (Å²) in [4.78, 5) is 26.0. The Balaban J connectivity index is 2.08. The Bertz CT molecular complexity index is 572. The molecule has 5 heteroatoms. The molecule has 1 heterocycles. The van der Waals surface area contributed by atoms with E-state index >= 15 is 0 Å². The van der Waals surface area contributed by atoms with Gasteiger partial charge in [-0.05, 0) is 23.8 Å². The number of ether oxygens (including phenoxy) is 1. The van der Waals surface area contributed by atoms with Crippen molar-refractivity contribution >= 4 is 11.9 Å². The minimum atomic E-state index is -0.968. The fourth-order valence-corrected chi connectivity index (χ4v) is 3.47. The summed E-state index contributed by atoms with van der Waals surface area (Å²) < 4.78 is 5.09. The van der Waals surface area contributed by atoms with Crippen LogP contribution < -0.4 is 0 Å². The van der Waals surface area contributed by atoms with Gasteiger partial charge in [-0.2, -0.15) is 0 Å². The molecule has 132 valence electrons. The van der Waals surface area contributed by atoms with Crippen LogP contribution in [0.15, 0.2) is 30.3 Å². The second-order valence-electron chi connectivity index (χ2n) is 7.05. The highest BCUT2D eigenvalue weighted by Gasteiger charge is 2.46. The molecule has 2 unspecified atom stereocenters. The summed E-state index contributed by atoms with van der Waals surface area (Å²) in [7, 11) is 1.50. The lowest BCUT2D eigenvalue weighted by molar-refractivity contribution is -0.151. The third-order valence-corrected chi connectivity index (χ3v) is 5.01. The normalized spacial score (nSPS) is 21.9. The maximum Gasteiger partial charge on any atom is 0.313 e. The molecule has 2 atom stereocenters. The first-order valence-corrected chi connectivity index (χ1v) is 8.44. The van der Waals surface area contributed by atoms with E-state index in [0.29, 0.717) is 25.3 Å². The third kappa shape index (κ3) is 3.96. The van der Waals surface area contributed by atoms with E-state index in [1.54, 1.807) is 4.90 Å². The number of aliphatic carboxylic acids is 1. The molecule has 0 bridgehead atoms. The van der Waals surface area contributed by atoms with Crippen molar-refractivity contribution in [3.05, 3.63) is 35.9 Å². The maximum absolute atomic E-state index is 12.7. The maximum atomic E-state index is 12.7.